The third-order valence-corrected chi connectivity index (χ3v) is 5.45. The number of carbonyl (C=O) groups is 2. The number of rotatable bonds is 7. The van der Waals surface area contributed by atoms with Gasteiger partial charge in [-0.3, -0.25) is 14.5 Å². The first-order chi connectivity index (χ1) is 17.5. The Hall–Kier alpha value is -4.47. The predicted molar refractivity (Wildman–Crippen MR) is 138 cm³/mol. The molecule has 192 valence electrons. The summed E-state index contributed by atoms with van der Waals surface area (Å²) >= 11 is 0. The maximum absolute atomic E-state index is 13.9. The van der Waals surface area contributed by atoms with Gasteiger partial charge in [0.2, 0.25) is 11.7 Å². The predicted octanol–water partition coefficient (Wildman–Crippen LogP) is 3.94. The third-order valence-electron chi connectivity index (χ3n) is 5.45. The van der Waals surface area contributed by atoms with Crippen LogP contribution in [0.5, 0.6) is 5.75 Å². The van der Waals surface area contributed by atoms with Crippen molar-refractivity contribution >= 4 is 17.5 Å². The maximum atomic E-state index is 13.9. The molecule has 1 atom stereocenters. The summed E-state index contributed by atoms with van der Waals surface area (Å²) in [4.78, 5) is 30.1. The molecule has 2 heterocycles. The van der Waals surface area contributed by atoms with E-state index < -0.39 is 17.5 Å². The number of tetrazole rings is 1. The highest BCUT2D eigenvalue weighted by Gasteiger charge is 2.35. The van der Waals surface area contributed by atoms with Crippen LogP contribution in [-0.2, 0) is 16.1 Å². The second kappa shape index (κ2) is 10.3. The number of phenols is 1. The van der Waals surface area contributed by atoms with E-state index in [-0.39, 0.29) is 24.0 Å². The zero-order valence-corrected chi connectivity index (χ0v) is 21.5. The van der Waals surface area contributed by atoms with Gasteiger partial charge in [0.05, 0.1) is 0 Å². The molecule has 37 heavy (non-hydrogen) atoms. The molecule has 0 saturated heterocycles. The van der Waals surface area contributed by atoms with Gasteiger partial charge in [-0.2, -0.15) is 4.80 Å². The molecule has 1 unspecified atom stereocenters. The zero-order valence-electron chi connectivity index (χ0n) is 21.5. The summed E-state index contributed by atoms with van der Waals surface area (Å²) < 4.78 is 5.55. The quantitative estimate of drug-likeness (QED) is 0.392. The van der Waals surface area contributed by atoms with Crippen LogP contribution in [0.25, 0.3) is 11.6 Å². The van der Waals surface area contributed by atoms with Crippen molar-refractivity contribution in [2.45, 2.75) is 52.7 Å². The minimum atomic E-state index is -1.02. The molecule has 2 amide bonds. The number of aromatic hydroxyl groups is 1. The van der Waals surface area contributed by atoms with Gasteiger partial charge in [0.1, 0.15) is 24.1 Å². The number of anilines is 1. The standard InChI is InChI=1S/C27H30N6O4/c1-17-7-6-8-20(15-17)33(23(35)16-32-30-25(29-31-32)22-14-9-18(2)37-22)24(26(36)28-27(3,4)5)19-10-12-21(34)13-11-19/h6-15,24,34H,16H2,1-5H3,(H,28,36). The summed E-state index contributed by atoms with van der Waals surface area (Å²) in [5.74, 6) is 0.662. The lowest BCUT2D eigenvalue weighted by molar-refractivity contribution is -0.128. The first-order valence-corrected chi connectivity index (χ1v) is 11.8. The lowest BCUT2D eigenvalue weighted by Crippen LogP contribution is -2.50. The number of furan rings is 1. The summed E-state index contributed by atoms with van der Waals surface area (Å²) in [6.45, 7) is 9.06. The lowest BCUT2D eigenvalue weighted by Gasteiger charge is -2.34. The molecule has 10 nitrogen and oxygen atoms in total. The van der Waals surface area contributed by atoms with Gasteiger partial charge in [0.15, 0.2) is 5.76 Å². The van der Waals surface area contributed by atoms with Crippen LogP contribution in [0.2, 0.25) is 0 Å². The van der Waals surface area contributed by atoms with E-state index in [1.807, 2.05) is 52.8 Å². The number of aromatic nitrogens is 4. The highest BCUT2D eigenvalue weighted by molar-refractivity contribution is 6.01. The lowest BCUT2D eigenvalue weighted by atomic mass is 10.00. The minimum absolute atomic E-state index is 0.0552. The van der Waals surface area contributed by atoms with Crippen molar-refractivity contribution in [3.8, 4) is 17.3 Å². The molecule has 2 N–H and O–H groups in total. The van der Waals surface area contributed by atoms with Crippen LogP contribution >= 0.6 is 0 Å². The molecule has 0 aliphatic carbocycles. The van der Waals surface area contributed by atoms with E-state index in [2.05, 4.69) is 20.7 Å². The van der Waals surface area contributed by atoms with Crippen molar-refractivity contribution in [3.63, 3.8) is 0 Å². The second-order valence-corrected chi connectivity index (χ2v) is 9.89. The van der Waals surface area contributed by atoms with Crippen molar-refractivity contribution in [3.05, 3.63) is 77.6 Å². The molecule has 0 aliphatic rings. The van der Waals surface area contributed by atoms with Gasteiger partial charge >= 0.3 is 0 Å². The molecule has 10 heteroatoms. The third kappa shape index (κ3) is 6.21. The number of amides is 2. The fraction of sp³-hybridized carbons (Fsp3) is 0.296. The Morgan fingerprint density at radius 1 is 1.08 bits per heavy atom. The van der Waals surface area contributed by atoms with Crippen LogP contribution in [0.1, 0.15) is 43.7 Å². The highest BCUT2D eigenvalue weighted by Crippen LogP contribution is 2.30. The SMILES string of the molecule is Cc1cccc(N(C(=O)Cn2nnc(-c3ccc(C)o3)n2)C(C(=O)NC(C)(C)C)c2ccc(O)cc2)c1. The number of aryl methyl sites for hydroxylation is 2. The Balaban J connectivity index is 1.75. The van der Waals surface area contributed by atoms with Crippen LogP contribution in [0.4, 0.5) is 5.69 Å². The largest absolute Gasteiger partial charge is 0.508 e. The van der Waals surface area contributed by atoms with Gasteiger partial charge in [0, 0.05) is 11.2 Å². The Bertz CT molecular complexity index is 1400. The van der Waals surface area contributed by atoms with E-state index in [1.54, 1.807) is 30.3 Å². The Labute approximate surface area is 214 Å². The minimum Gasteiger partial charge on any atom is -0.508 e. The Kier molecular flexibility index (Phi) is 7.10. The number of nitrogens with one attached hydrogen (secondary N) is 1. The summed E-state index contributed by atoms with van der Waals surface area (Å²) in [6, 6.07) is 16.1. The molecule has 0 spiro atoms. The van der Waals surface area contributed by atoms with Crippen LogP contribution < -0.4 is 10.2 Å². The summed E-state index contributed by atoms with van der Waals surface area (Å²) in [5.41, 5.74) is 1.45. The molecule has 0 fully saturated rings. The van der Waals surface area contributed by atoms with Crippen molar-refractivity contribution < 1.29 is 19.1 Å². The topological polar surface area (TPSA) is 126 Å². The molecule has 0 aliphatic heterocycles. The van der Waals surface area contributed by atoms with Gasteiger partial charge in [-0.05, 0) is 87.4 Å². The summed E-state index contributed by atoms with van der Waals surface area (Å²) in [7, 11) is 0. The molecule has 4 aromatic rings. The van der Waals surface area contributed by atoms with E-state index in [4.69, 9.17) is 4.42 Å². The monoisotopic (exact) mass is 502 g/mol. The average Bonchev–Trinajstić information content (AvgIpc) is 3.45. The molecule has 2 aromatic carbocycles. The first kappa shape index (κ1) is 25.6. The fourth-order valence-corrected chi connectivity index (χ4v) is 3.89. The number of nitrogens with zero attached hydrogens (tertiary/aromatic N) is 5. The van der Waals surface area contributed by atoms with E-state index >= 15 is 0 Å². The smallest absolute Gasteiger partial charge is 0.251 e. The summed E-state index contributed by atoms with van der Waals surface area (Å²) in [6.07, 6.45) is 0. The molecule has 4 rings (SSSR count). The molecule has 0 saturated carbocycles. The van der Waals surface area contributed by atoms with E-state index in [1.165, 1.54) is 21.8 Å². The molecule has 0 bridgehead atoms. The van der Waals surface area contributed by atoms with E-state index in [0.29, 0.717) is 22.8 Å². The number of phenolic OH excluding ortho intramolecular Hbond substituents is 1. The number of hydrogen-bond acceptors (Lipinski definition) is 7. The van der Waals surface area contributed by atoms with Crippen molar-refractivity contribution in [2.24, 2.45) is 0 Å². The number of hydrogen-bond donors (Lipinski definition) is 2. The van der Waals surface area contributed by atoms with Crippen molar-refractivity contribution in [1.29, 1.82) is 0 Å². The number of benzene rings is 2. The first-order valence-electron chi connectivity index (χ1n) is 11.8. The van der Waals surface area contributed by atoms with Gasteiger partial charge < -0.3 is 14.8 Å². The van der Waals surface area contributed by atoms with E-state index in [9.17, 15) is 14.7 Å². The highest BCUT2D eigenvalue weighted by atomic mass is 16.3. The van der Waals surface area contributed by atoms with Crippen LogP contribution in [0, 0.1) is 13.8 Å². The summed E-state index contributed by atoms with van der Waals surface area (Å²) in [5, 5.41) is 25.1. The zero-order chi connectivity index (χ0) is 26.7. The van der Waals surface area contributed by atoms with E-state index in [0.717, 1.165) is 5.56 Å². The van der Waals surface area contributed by atoms with Gasteiger partial charge in [-0.15, -0.1) is 10.2 Å². The number of carbonyl (C=O) groups excluding carboxylic acids is 2. The Morgan fingerprint density at radius 2 is 1.81 bits per heavy atom. The second-order valence-electron chi connectivity index (χ2n) is 9.89. The van der Waals surface area contributed by atoms with Crippen LogP contribution in [0.15, 0.2) is 65.1 Å². The molecular formula is C27H30N6O4. The maximum Gasteiger partial charge on any atom is 0.251 e. The van der Waals surface area contributed by atoms with Crippen LogP contribution in [-0.4, -0.2) is 42.7 Å². The normalized spacial score (nSPS) is 12.2. The fourth-order valence-electron chi connectivity index (χ4n) is 3.89. The van der Waals surface area contributed by atoms with Crippen LogP contribution in [0.3, 0.4) is 0 Å². The van der Waals surface area contributed by atoms with Crippen molar-refractivity contribution in [2.75, 3.05) is 4.90 Å². The molecule has 2 aromatic heterocycles. The Morgan fingerprint density at radius 3 is 2.43 bits per heavy atom. The average molecular weight is 503 g/mol. The van der Waals surface area contributed by atoms with Gasteiger partial charge in [0.25, 0.3) is 5.91 Å². The van der Waals surface area contributed by atoms with Crippen molar-refractivity contribution in [1.82, 2.24) is 25.5 Å². The molecule has 0 radical (unpaired) electrons. The van der Waals surface area contributed by atoms with Gasteiger partial charge in [-0.25, -0.2) is 0 Å². The molecular weight excluding hydrogens is 472 g/mol. The van der Waals surface area contributed by atoms with Gasteiger partial charge in [-0.1, -0.05) is 24.3 Å².